The number of benzene rings is 4. The third kappa shape index (κ3) is 7.91. The van der Waals surface area contributed by atoms with Crippen molar-refractivity contribution in [3.8, 4) is 17.2 Å². The van der Waals surface area contributed by atoms with Gasteiger partial charge in [0.2, 0.25) is 0 Å². The van der Waals surface area contributed by atoms with Gasteiger partial charge in [-0.05, 0) is 78.2 Å². The predicted octanol–water partition coefficient (Wildman–Crippen LogP) is 7.55. The van der Waals surface area contributed by atoms with Crippen molar-refractivity contribution in [3.05, 3.63) is 112 Å². The third-order valence-corrected chi connectivity index (χ3v) is 7.56. The highest BCUT2D eigenvalue weighted by molar-refractivity contribution is 7.92. The molecule has 0 atom stereocenters. The van der Waals surface area contributed by atoms with Crippen molar-refractivity contribution < 1.29 is 22.7 Å². The van der Waals surface area contributed by atoms with E-state index in [-0.39, 0.29) is 22.7 Å². The van der Waals surface area contributed by atoms with E-state index in [1.165, 1.54) is 42.5 Å². The molecule has 0 bridgehead atoms. The van der Waals surface area contributed by atoms with Crippen LogP contribution < -0.4 is 19.5 Å². The minimum atomic E-state index is -4.03. The summed E-state index contributed by atoms with van der Waals surface area (Å²) < 4.78 is 40.2. The molecule has 0 fully saturated rings. The minimum absolute atomic E-state index is 0.0138. The van der Waals surface area contributed by atoms with Crippen LogP contribution in [0, 0.1) is 5.92 Å². The highest BCUT2D eigenvalue weighted by Crippen LogP contribution is 2.30. The number of hydrogen-bond acceptors (Lipinski definition) is 5. The van der Waals surface area contributed by atoms with E-state index in [9.17, 15) is 13.2 Å². The Morgan fingerprint density at radius 2 is 1.55 bits per heavy atom. The lowest BCUT2D eigenvalue weighted by molar-refractivity contribution is 0.0952. The second-order valence-electron chi connectivity index (χ2n) is 9.33. The molecule has 0 aliphatic heterocycles. The normalized spacial score (nSPS) is 11.2. The molecule has 0 aromatic heterocycles. The number of sulfonamides is 1. The van der Waals surface area contributed by atoms with Gasteiger partial charge in [0, 0.05) is 11.6 Å². The van der Waals surface area contributed by atoms with E-state index < -0.39 is 15.9 Å². The monoisotopic (exact) mass is 598 g/mol. The molecule has 10 heteroatoms. The quantitative estimate of drug-likeness (QED) is 0.186. The lowest BCUT2D eigenvalue weighted by Gasteiger charge is -2.14. The molecule has 1 amide bonds. The van der Waals surface area contributed by atoms with Crippen LogP contribution >= 0.6 is 23.2 Å². The Bertz CT molecular complexity index is 1570. The van der Waals surface area contributed by atoms with E-state index in [0.29, 0.717) is 34.1 Å². The Hall–Kier alpha value is -3.72. The lowest BCUT2D eigenvalue weighted by Crippen LogP contribution is -2.25. The second-order valence-corrected chi connectivity index (χ2v) is 11.9. The standard InChI is InChI=1S/C30H28Cl2N2O5S/c1-20(2)19-38-23-10-7-21(8-11-23)18-33-30(35)26-17-22(31)9-16-28(26)34-40(36,37)25-14-12-24(13-15-25)39-29-6-4-3-5-27(29)32/h3-17,20,34H,18-19H2,1-2H3,(H,33,35). The number of ether oxygens (including phenoxy) is 2. The summed E-state index contributed by atoms with van der Waals surface area (Å²) in [5, 5.41) is 3.54. The number of rotatable bonds is 11. The van der Waals surface area contributed by atoms with Crippen LogP contribution in [-0.4, -0.2) is 20.9 Å². The van der Waals surface area contributed by atoms with Gasteiger partial charge in [0.05, 0.1) is 27.8 Å². The van der Waals surface area contributed by atoms with Crippen LogP contribution in [0.4, 0.5) is 5.69 Å². The molecule has 0 heterocycles. The van der Waals surface area contributed by atoms with Gasteiger partial charge in [0.1, 0.15) is 17.2 Å². The largest absolute Gasteiger partial charge is 0.493 e. The average molecular weight is 600 g/mol. The van der Waals surface area contributed by atoms with Crippen LogP contribution in [0.3, 0.4) is 0 Å². The van der Waals surface area contributed by atoms with Crippen molar-refractivity contribution in [3.63, 3.8) is 0 Å². The lowest BCUT2D eigenvalue weighted by atomic mass is 10.1. The molecule has 0 spiro atoms. The van der Waals surface area contributed by atoms with Crippen molar-refractivity contribution in [2.24, 2.45) is 5.92 Å². The summed E-state index contributed by atoms with van der Waals surface area (Å²) in [7, 11) is -4.03. The number of nitrogens with one attached hydrogen (secondary N) is 2. The van der Waals surface area contributed by atoms with Gasteiger partial charge in [0.15, 0.2) is 0 Å². The van der Waals surface area contributed by atoms with E-state index in [1.54, 1.807) is 24.3 Å². The second kappa shape index (κ2) is 13.1. The number of hydrogen-bond donors (Lipinski definition) is 2. The topological polar surface area (TPSA) is 93.7 Å². The molecular formula is C30H28Cl2N2O5S. The molecule has 4 aromatic carbocycles. The van der Waals surface area contributed by atoms with Gasteiger partial charge in [-0.25, -0.2) is 8.42 Å². The predicted molar refractivity (Wildman–Crippen MR) is 158 cm³/mol. The van der Waals surface area contributed by atoms with Crippen molar-refractivity contribution in [1.82, 2.24) is 5.32 Å². The number of halogens is 2. The summed E-state index contributed by atoms with van der Waals surface area (Å²) in [6.45, 7) is 4.99. The molecule has 40 heavy (non-hydrogen) atoms. The van der Waals surface area contributed by atoms with Gasteiger partial charge in [-0.1, -0.05) is 61.3 Å². The van der Waals surface area contributed by atoms with Gasteiger partial charge in [-0.3, -0.25) is 9.52 Å². The molecule has 4 rings (SSSR count). The van der Waals surface area contributed by atoms with Crippen LogP contribution in [0.2, 0.25) is 10.0 Å². The molecule has 4 aromatic rings. The van der Waals surface area contributed by atoms with Crippen molar-refractivity contribution in [2.45, 2.75) is 25.3 Å². The number of para-hydroxylation sites is 1. The van der Waals surface area contributed by atoms with Crippen LogP contribution in [0.15, 0.2) is 95.9 Å². The van der Waals surface area contributed by atoms with Crippen LogP contribution in [0.25, 0.3) is 0 Å². The SMILES string of the molecule is CC(C)COc1ccc(CNC(=O)c2cc(Cl)ccc2NS(=O)(=O)c2ccc(Oc3ccccc3Cl)cc2)cc1. The highest BCUT2D eigenvalue weighted by atomic mass is 35.5. The summed E-state index contributed by atoms with van der Waals surface area (Å²) in [6, 6.07) is 24.6. The molecule has 2 N–H and O–H groups in total. The van der Waals surface area contributed by atoms with Crippen molar-refractivity contribution in [1.29, 1.82) is 0 Å². The first-order chi connectivity index (χ1) is 19.1. The van der Waals surface area contributed by atoms with Gasteiger partial charge >= 0.3 is 0 Å². The Labute approximate surface area is 244 Å². The number of carbonyl (C=O) groups excluding carboxylic acids is 1. The summed E-state index contributed by atoms with van der Waals surface area (Å²) >= 11 is 12.3. The summed E-state index contributed by atoms with van der Waals surface area (Å²) in [6.07, 6.45) is 0. The molecule has 0 unspecified atom stereocenters. The summed E-state index contributed by atoms with van der Waals surface area (Å²) in [5.41, 5.74) is 1.04. The molecule has 0 aliphatic rings. The van der Waals surface area contributed by atoms with Crippen LogP contribution in [0.5, 0.6) is 17.2 Å². The third-order valence-electron chi connectivity index (χ3n) is 5.63. The Kier molecular flexibility index (Phi) is 9.58. The maximum atomic E-state index is 13.1. The summed E-state index contributed by atoms with van der Waals surface area (Å²) in [5.74, 6) is 1.54. The van der Waals surface area contributed by atoms with Gasteiger partial charge < -0.3 is 14.8 Å². The molecule has 0 aliphatic carbocycles. The fourth-order valence-electron chi connectivity index (χ4n) is 3.58. The van der Waals surface area contributed by atoms with Crippen molar-refractivity contribution in [2.75, 3.05) is 11.3 Å². The Morgan fingerprint density at radius 3 is 2.23 bits per heavy atom. The first-order valence-electron chi connectivity index (χ1n) is 12.5. The zero-order chi connectivity index (χ0) is 28.7. The first kappa shape index (κ1) is 29.3. The van der Waals surface area contributed by atoms with E-state index in [1.807, 2.05) is 24.3 Å². The molecule has 0 saturated heterocycles. The average Bonchev–Trinajstić information content (AvgIpc) is 2.93. The van der Waals surface area contributed by atoms with Crippen molar-refractivity contribution >= 4 is 44.8 Å². The Balaban J connectivity index is 1.44. The van der Waals surface area contributed by atoms with E-state index >= 15 is 0 Å². The maximum absolute atomic E-state index is 13.1. The fourth-order valence-corrected chi connectivity index (χ4v) is 5.01. The van der Waals surface area contributed by atoms with E-state index in [0.717, 1.165) is 11.3 Å². The first-order valence-corrected chi connectivity index (χ1v) is 14.7. The van der Waals surface area contributed by atoms with Crippen LogP contribution in [0.1, 0.15) is 29.8 Å². The molecule has 0 radical (unpaired) electrons. The zero-order valence-electron chi connectivity index (χ0n) is 21.9. The molecule has 0 saturated carbocycles. The molecule has 208 valence electrons. The van der Waals surface area contributed by atoms with Gasteiger partial charge in [-0.15, -0.1) is 0 Å². The fraction of sp³-hybridized carbons (Fsp3) is 0.167. The van der Waals surface area contributed by atoms with Gasteiger partial charge in [-0.2, -0.15) is 0 Å². The smallest absolute Gasteiger partial charge is 0.261 e. The molecular weight excluding hydrogens is 571 g/mol. The van der Waals surface area contributed by atoms with E-state index in [2.05, 4.69) is 23.9 Å². The van der Waals surface area contributed by atoms with Gasteiger partial charge in [0.25, 0.3) is 15.9 Å². The Morgan fingerprint density at radius 1 is 0.875 bits per heavy atom. The number of amides is 1. The maximum Gasteiger partial charge on any atom is 0.261 e. The van der Waals surface area contributed by atoms with E-state index in [4.69, 9.17) is 32.7 Å². The highest BCUT2D eigenvalue weighted by Gasteiger charge is 2.20. The summed E-state index contributed by atoms with van der Waals surface area (Å²) in [4.78, 5) is 13.0. The minimum Gasteiger partial charge on any atom is -0.493 e. The number of carbonyl (C=O) groups is 1. The molecule has 7 nitrogen and oxygen atoms in total. The zero-order valence-corrected chi connectivity index (χ0v) is 24.2. The number of anilines is 1. The van der Waals surface area contributed by atoms with Crippen LogP contribution in [-0.2, 0) is 16.6 Å².